The van der Waals surface area contributed by atoms with Crippen molar-refractivity contribution in [3.8, 4) is 0 Å². The molecule has 2 rings (SSSR count). The van der Waals surface area contributed by atoms with Crippen LogP contribution in [-0.2, 0) is 6.42 Å². The lowest BCUT2D eigenvalue weighted by Crippen LogP contribution is -2.33. The number of benzene rings is 1. The van der Waals surface area contributed by atoms with Crippen LogP contribution >= 0.6 is 0 Å². The lowest BCUT2D eigenvalue weighted by molar-refractivity contribution is -0.127. The molecule has 1 nitrogen and oxygen atoms in total. The Morgan fingerprint density at radius 2 is 2.11 bits per heavy atom. The first-order chi connectivity index (χ1) is 8.46. The molecule has 100 valence electrons. The van der Waals surface area contributed by atoms with Crippen molar-refractivity contribution in [2.24, 2.45) is 5.92 Å². The minimum Gasteiger partial charge on any atom is -0.316 e. The number of rotatable bonds is 2. The second-order valence-electron chi connectivity index (χ2n) is 5.11. The van der Waals surface area contributed by atoms with Gasteiger partial charge in [0.05, 0.1) is 6.42 Å². The van der Waals surface area contributed by atoms with E-state index >= 15 is 0 Å². The average Bonchev–Trinajstić information content (AvgIpc) is 2.27. The first-order valence-corrected chi connectivity index (χ1v) is 6.32. The van der Waals surface area contributed by atoms with Gasteiger partial charge in [-0.3, -0.25) is 0 Å². The third-order valence-corrected chi connectivity index (χ3v) is 3.57. The van der Waals surface area contributed by atoms with E-state index in [1.165, 1.54) is 0 Å². The maximum Gasteiger partial charge on any atom is 0.393 e. The van der Waals surface area contributed by atoms with Crippen LogP contribution in [-0.4, -0.2) is 19.3 Å². The lowest BCUT2D eigenvalue weighted by atomic mass is 9.82. The third kappa shape index (κ3) is 3.48. The Morgan fingerprint density at radius 1 is 1.33 bits per heavy atom. The Balaban J connectivity index is 2.16. The first-order valence-electron chi connectivity index (χ1n) is 6.32. The van der Waals surface area contributed by atoms with Crippen LogP contribution in [0.1, 0.15) is 30.4 Å². The molecule has 1 N–H and O–H groups in total. The van der Waals surface area contributed by atoms with Crippen molar-refractivity contribution < 1.29 is 13.2 Å². The van der Waals surface area contributed by atoms with Crippen LogP contribution in [0.15, 0.2) is 24.3 Å². The van der Waals surface area contributed by atoms with Gasteiger partial charge in [-0.2, -0.15) is 13.2 Å². The van der Waals surface area contributed by atoms with Crippen LogP contribution in [0.25, 0.3) is 0 Å². The monoisotopic (exact) mass is 257 g/mol. The molecule has 1 aliphatic heterocycles. The number of piperidine rings is 1. The second-order valence-corrected chi connectivity index (χ2v) is 5.11. The topological polar surface area (TPSA) is 12.0 Å². The molecule has 2 atom stereocenters. The van der Waals surface area contributed by atoms with E-state index in [4.69, 9.17) is 0 Å². The standard InChI is InChI=1S/C14H18F3N/c1-10-9-18-6-5-13(10)12-4-2-3-11(7-12)8-14(15,16)17/h2-4,7,10,13,18H,5-6,8-9H2,1H3. The van der Waals surface area contributed by atoms with Gasteiger partial charge in [-0.25, -0.2) is 0 Å². The largest absolute Gasteiger partial charge is 0.393 e. The molecular weight excluding hydrogens is 239 g/mol. The molecule has 0 saturated carbocycles. The van der Waals surface area contributed by atoms with Gasteiger partial charge in [0.25, 0.3) is 0 Å². The van der Waals surface area contributed by atoms with Crippen LogP contribution in [0.5, 0.6) is 0 Å². The molecule has 0 bridgehead atoms. The smallest absolute Gasteiger partial charge is 0.316 e. The second kappa shape index (κ2) is 5.31. The van der Waals surface area contributed by atoms with E-state index in [2.05, 4.69) is 12.2 Å². The van der Waals surface area contributed by atoms with E-state index in [-0.39, 0.29) is 0 Å². The van der Waals surface area contributed by atoms with Crippen molar-refractivity contribution in [2.45, 2.75) is 31.9 Å². The van der Waals surface area contributed by atoms with Crippen molar-refractivity contribution in [2.75, 3.05) is 13.1 Å². The Bertz CT molecular complexity index is 400. The Labute approximate surface area is 105 Å². The van der Waals surface area contributed by atoms with Crippen LogP contribution in [0.4, 0.5) is 13.2 Å². The molecule has 18 heavy (non-hydrogen) atoms. The minimum absolute atomic E-state index is 0.366. The van der Waals surface area contributed by atoms with Crippen molar-refractivity contribution >= 4 is 0 Å². The highest BCUT2D eigenvalue weighted by molar-refractivity contribution is 5.28. The van der Waals surface area contributed by atoms with Crippen molar-refractivity contribution in [1.82, 2.24) is 5.32 Å². The molecule has 1 aliphatic rings. The Hall–Kier alpha value is -1.03. The van der Waals surface area contributed by atoms with Gasteiger partial charge in [0, 0.05) is 0 Å². The quantitative estimate of drug-likeness (QED) is 0.855. The zero-order valence-electron chi connectivity index (χ0n) is 10.4. The Morgan fingerprint density at radius 3 is 2.78 bits per heavy atom. The maximum absolute atomic E-state index is 12.4. The van der Waals surface area contributed by atoms with Gasteiger partial charge in [0.2, 0.25) is 0 Å². The normalized spacial score (nSPS) is 25.1. The number of hydrogen-bond acceptors (Lipinski definition) is 1. The fourth-order valence-corrected chi connectivity index (χ4v) is 2.67. The van der Waals surface area contributed by atoms with E-state index in [0.29, 0.717) is 17.4 Å². The van der Waals surface area contributed by atoms with Gasteiger partial charge in [-0.15, -0.1) is 0 Å². The minimum atomic E-state index is -4.13. The first kappa shape index (κ1) is 13.4. The molecule has 0 radical (unpaired) electrons. The van der Waals surface area contributed by atoms with Crippen LogP contribution < -0.4 is 5.32 Å². The van der Waals surface area contributed by atoms with E-state index < -0.39 is 12.6 Å². The zero-order valence-corrected chi connectivity index (χ0v) is 10.4. The highest BCUT2D eigenvalue weighted by atomic mass is 19.4. The summed E-state index contributed by atoms with van der Waals surface area (Å²) in [6.07, 6.45) is -3.96. The molecule has 1 heterocycles. The molecule has 0 aromatic heterocycles. The van der Waals surface area contributed by atoms with Gasteiger partial charge in [-0.05, 0) is 42.5 Å². The number of hydrogen-bond donors (Lipinski definition) is 1. The molecule has 4 heteroatoms. The predicted molar refractivity (Wildman–Crippen MR) is 65.6 cm³/mol. The lowest BCUT2D eigenvalue weighted by Gasteiger charge is -2.30. The summed E-state index contributed by atoms with van der Waals surface area (Å²) in [6, 6.07) is 6.97. The molecule has 1 aromatic rings. The molecule has 0 aliphatic carbocycles. The van der Waals surface area contributed by atoms with Gasteiger partial charge in [0.15, 0.2) is 0 Å². The van der Waals surface area contributed by atoms with Gasteiger partial charge in [-0.1, -0.05) is 31.2 Å². The zero-order chi connectivity index (χ0) is 13.2. The fourth-order valence-electron chi connectivity index (χ4n) is 2.67. The number of nitrogens with one attached hydrogen (secondary N) is 1. The van der Waals surface area contributed by atoms with Gasteiger partial charge < -0.3 is 5.32 Å². The van der Waals surface area contributed by atoms with Crippen LogP contribution in [0.3, 0.4) is 0 Å². The van der Waals surface area contributed by atoms with Crippen molar-refractivity contribution in [3.05, 3.63) is 35.4 Å². The van der Waals surface area contributed by atoms with E-state index in [9.17, 15) is 13.2 Å². The molecule has 0 amide bonds. The summed E-state index contributed by atoms with van der Waals surface area (Å²) >= 11 is 0. The summed E-state index contributed by atoms with van der Waals surface area (Å²) in [7, 11) is 0. The highest BCUT2D eigenvalue weighted by Gasteiger charge is 2.28. The van der Waals surface area contributed by atoms with E-state index in [0.717, 1.165) is 25.1 Å². The molecule has 1 saturated heterocycles. The summed E-state index contributed by atoms with van der Waals surface area (Å²) in [5.74, 6) is 0.847. The summed E-state index contributed by atoms with van der Waals surface area (Å²) < 4.78 is 37.1. The summed E-state index contributed by atoms with van der Waals surface area (Å²) in [5, 5.41) is 3.31. The van der Waals surface area contributed by atoms with E-state index in [1.54, 1.807) is 18.2 Å². The average molecular weight is 257 g/mol. The molecule has 1 fully saturated rings. The third-order valence-electron chi connectivity index (χ3n) is 3.57. The highest BCUT2D eigenvalue weighted by Crippen LogP contribution is 2.31. The fraction of sp³-hybridized carbons (Fsp3) is 0.571. The van der Waals surface area contributed by atoms with Gasteiger partial charge in [0.1, 0.15) is 0 Å². The molecule has 2 unspecified atom stereocenters. The summed E-state index contributed by atoms with van der Waals surface area (Å²) in [5.41, 5.74) is 1.41. The SMILES string of the molecule is CC1CNCCC1c1cccc(CC(F)(F)F)c1. The summed E-state index contributed by atoms with van der Waals surface area (Å²) in [6.45, 7) is 4.03. The van der Waals surface area contributed by atoms with Crippen LogP contribution in [0, 0.1) is 5.92 Å². The maximum atomic E-state index is 12.4. The Kier molecular flexibility index (Phi) is 3.95. The molecule has 1 aromatic carbocycles. The number of alkyl halides is 3. The van der Waals surface area contributed by atoms with Crippen molar-refractivity contribution in [3.63, 3.8) is 0 Å². The molecular formula is C14H18F3N. The molecule has 0 spiro atoms. The number of halogens is 3. The van der Waals surface area contributed by atoms with E-state index in [1.807, 2.05) is 6.07 Å². The van der Waals surface area contributed by atoms with Crippen molar-refractivity contribution in [1.29, 1.82) is 0 Å². The van der Waals surface area contributed by atoms with Gasteiger partial charge >= 0.3 is 6.18 Å². The van der Waals surface area contributed by atoms with Crippen LogP contribution in [0.2, 0.25) is 0 Å². The predicted octanol–water partition coefficient (Wildman–Crippen LogP) is 3.50. The summed E-state index contributed by atoms with van der Waals surface area (Å²) in [4.78, 5) is 0.